The number of halogens is 1. The Balaban J connectivity index is 2.29. The highest BCUT2D eigenvalue weighted by molar-refractivity contribution is 7.11. The number of nitrogens with one attached hydrogen (secondary N) is 1. The highest BCUT2D eigenvalue weighted by Crippen LogP contribution is 2.33. The highest BCUT2D eigenvalue weighted by Gasteiger charge is 2.22. The number of hydrogen-bond donors (Lipinski definition) is 1. The van der Waals surface area contributed by atoms with E-state index in [-0.39, 0.29) is 18.0 Å². The molecule has 0 spiro atoms. The van der Waals surface area contributed by atoms with Crippen LogP contribution >= 0.6 is 11.3 Å². The molecular formula is C13H14FN3O3S. The highest BCUT2D eigenvalue weighted by atomic mass is 32.1. The van der Waals surface area contributed by atoms with Crippen LogP contribution in [0, 0.1) is 29.8 Å². The fraction of sp³-hybridized carbons (Fsp3) is 0.308. The first-order valence-electron chi connectivity index (χ1n) is 6.11. The van der Waals surface area contributed by atoms with Crippen LogP contribution in [0.5, 0.6) is 5.75 Å². The molecule has 1 aromatic heterocycles. The van der Waals surface area contributed by atoms with E-state index in [0.29, 0.717) is 0 Å². The Morgan fingerprint density at radius 1 is 1.48 bits per heavy atom. The first kappa shape index (κ1) is 15.2. The van der Waals surface area contributed by atoms with Crippen molar-refractivity contribution >= 4 is 22.7 Å². The van der Waals surface area contributed by atoms with Gasteiger partial charge in [-0.1, -0.05) is 0 Å². The first-order valence-corrected chi connectivity index (χ1v) is 6.92. The normalized spacial score (nSPS) is 10.5. The van der Waals surface area contributed by atoms with Gasteiger partial charge in [0.05, 0.1) is 24.3 Å². The first-order chi connectivity index (χ1) is 9.92. The fourth-order valence-corrected chi connectivity index (χ4v) is 2.67. The Hall–Kier alpha value is -2.22. The molecule has 0 aliphatic heterocycles. The number of benzene rings is 1. The van der Waals surface area contributed by atoms with E-state index in [1.54, 1.807) is 0 Å². The predicted molar refractivity (Wildman–Crippen MR) is 78.5 cm³/mol. The molecule has 2 rings (SSSR count). The van der Waals surface area contributed by atoms with Gasteiger partial charge in [-0.25, -0.2) is 4.98 Å². The van der Waals surface area contributed by atoms with Gasteiger partial charge in [0.2, 0.25) is 5.82 Å². The van der Waals surface area contributed by atoms with Crippen molar-refractivity contribution in [3.8, 4) is 5.75 Å². The number of nitro groups is 1. The summed E-state index contributed by atoms with van der Waals surface area (Å²) in [7, 11) is 1.37. The maximum Gasteiger partial charge on any atom is 0.327 e. The molecule has 0 radical (unpaired) electrons. The van der Waals surface area contributed by atoms with Crippen LogP contribution in [0.25, 0.3) is 0 Å². The molecule has 0 saturated carbocycles. The van der Waals surface area contributed by atoms with Gasteiger partial charge in [-0.15, -0.1) is 11.3 Å². The summed E-state index contributed by atoms with van der Waals surface area (Å²) in [5.74, 6) is -0.722. The second kappa shape index (κ2) is 6.04. The third-order valence-electron chi connectivity index (χ3n) is 2.96. The predicted octanol–water partition coefficient (Wildman–Crippen LogP) is 3.43. The zero-order valence-electron chi connectivity index (χ0n) is 11.8. The molecule has 21 heavy (non-hydrogen) atoms. The van der Waals surface area contributed by atoms with Crippen LogP contribution in [0.15, 0.2) is 12.1 Å². The van der Waals surface area contributed by atoms with Crippen molar-refractivity contribution in [2.75, 3.05) is 12.4 Å². The molecule has 0 amide bonds. The van der Waals surface area contributed by atoms with E-state index in [0.717, 1.165) is 21.6 Å². The summed E-state index contributed by atoms with van der Waals surface area (Å²) < 4.78 is 18.7. The van der Waals surface area contributed by atoms with Crippen LogP contribution in [0.2, 0.25) is 0 Å². The minimum absolute atomic E-state index is 0.0716. The lowest BCUT2D eigenvalue weighted by atomic mass is 10.2. The number of rotatable bonds is 5. The Morgan fingerprint density at radius 3 is 2.71 bits per heavy atom. The van der Waals surface area contributed by atoms with Gasteiger partial charge in [0.15, 0.2) is 0 Å². The van der Waals surface area contributed by atoms with E-state index in [1.807, 2.05) is 13.8 Å². The number of nitrogens with zero attached hydrogens (tertiary/aromatic N) is 2. The molecule has 0 saturated heterocycles. The van der Waals surface area contributed by atoms with Crippen LogP contribution in [-0.4, -0.2) is 17.0 Å². The monoisotopic (exact) mass is 311 g/mol. The number of hydrogen-bond acceptors (Lipinski definition) is 6. The van der Waals surface area contributed by atoms with Gasteiger partial charge in [-0.3, -0.25) is 10.1 Å². The number of aryl methyl sites for hydroxylation is 2. The number of aromatic nitrogens is 1. The molecule has 2 aromatic rings. The van der Waals surface area contributed by atoms with Crippen molar-refractivity contribution in [3.05, 3.63) is 43.6 Å². The Labute approximate surface area is 124 Å². The van der Waals surface area contributed by atoms with Crippen LogP contribution in [0.4, 0.5) is 15.8 Å². The minimum Gasteiger partial charge on any atom is -0.497 e. The number of nitro benzene ring substituents is 1. The van der Waals surface area contributed by atoms with E-state index in [1.165, 1.54) is 24.5 Å². The topological polar surface area (TPSA) is 77.3 Å². The van der Waals surface area contributed by atoms with Gasteiger partial charge in [-0.05, 0) is 13.8 Å². The van der Waals surface area contributed by atoms with E-state index >= 15 is 0 Å². The Kier molecular flexibility index (Phi) is 4.37. The summed E-state index contributed by atoms with van der Waals surface area (Å²) in [6.45, 7) is 4.12. The summed E-state index contributed by atoms with van der Waals surface area (Å²) in [4.78, 5) is 15.6. The molecule has 0 atom stereocenters. The standard InChI is InChI=1S/C13H14FN3O3S/c1-7-8(2)21-12(16-7)6-15-11-5-9(20-3)4-10(14)13(11)17(18)19/h4-5,15H,6H2,1-3H3. The number of methoxy groups -OCH3 is 1. The molecule has 0 fully saturated rings. The van der Waals surface area contributed by atoms with Crippen molar-refractivity contribution in [1.29, 1.82) is 0 Å². The van der Waals surface area contributed by atoms with E-state index in [9.17, 15) is 14.5 Å². The van der Waals surface area contributed by atoms with Gasteiger partial charge in [-0.2, -0.15) is 4.39 Å². The second-order valence-corrected chi connectivity index (χ2v) is 5.65. The van der Waals surface area contributed by atoms with Crippen LogP contribution in [0.3, 0.4) is 0 Å². The lowest BCUT2D eigenvalue weighted by molar-refractivity contribution is -0.386. The quantitative estimate of drug-likeness (QED) is 0.676. The molecule has 6 nitrogen and oxygen atoms in total. The van der Waals surface area contributed by atoms with E-state index in [4.69, 9.17) is 4.74 Å². The van der Waals surface area contributed by atoms with Crippen LogP contribution < -0.4 is 10.1 Å². The van der Waals surface area contributed by atoms with Crippen molar-refractivity contribution in [2.45, 2.75) is 20.4 Å². The van der Waals surface area contributed by atoms with E-state index < -0.39 is 16.4 Å². The summed E-state index contributed by atoms with van der Waals surface area (Å²) in [6.07, 6.45) is 0. The SMILES string of the molecule is COc1cc(F)c([N+](=O)[O-])c(NCc2nc(C)c(C)s2)c1. The van der Waals surface area contributed by atoms with Gasteiger partial charge in [0, 0.05) is 17.0 Å². The molecule has 1 aromatic carbocycles. The Bertz CT molecular complexity index is 668. The summed E-state index contributed by atoms with van der Waals surface area (Å²) in [5, 5.41) is 14.6. The molecule has 0 bridgehead atoms. The lowest BCUT2D eigenvalue weighted by Gasteiger charge is -2.08. The number of anilines is 1. The van der Waals surface area contributed by atoms with Crippen molar-refractivity contribution < 1.29 is 14.1 Å². The number of ether oxygens (including phenoxy) is 1. The minimum atomic E-state index is -0.937. The average Bonchev–Trinajstić information content (AvgIpc) is 2.74. The third-order valence-corrected chi connectivity index (χ3v) is 4.03. The van der Waals surface area contributed by atoms with Gasteiger partial charge >= 0.3 is 5.69 Å². The van der Waals surface area contributed by atoms with Crippen LogP contribution in [0.1, 0.15) is 15.6 Å². The van der Waals surface area contributed by atoms with Crippen LogP contribution in [-0.2, 0) is 6.54 Å². The molecule has 8 heteroatoms. The summed E-state index contributed by atoms with van der Waals surface area (Å²) in [5.41, 5.74) is 0.395. The molecule has 1 heterocycles. The summed E-state index contributed by atoms with van der Waals surface area (Å²) >= 11 is 1.49. The molecule has 0 aliphatic rings. The average molecular weight is 311 g/mol. The van der Waals surface area contributed by atoms with Gasteiger partial charge in [0.1, 0.15) is 16.4 Å². The molecule has 112 valence electrons. The molecule has 0 unspecified atom stereocenters. The van der Waals surface area contributed by atoms with Gasteiger partial charge in [0.25, 0.3) is 0 Å². The maximum atomic E-state index is 13.8. The van der Waals surface area contributed by atoms with Crippen molar-refractivity contribution in [1.82, 2.24) is 4.98 Å². The largest absolute Gasteiger partial charge is 0.497 e. The molecule has 1 N–H and O–H groups in total. The zero-order valence-corrected chi connectivity index (χ0v) is 12.6. The summed E-state index contributed by atoms with van der Waals surface area (Å²) in [6, 6.07) is 2.38. The van der Waals surface area contributed by atoms with Crippen molar-refractivity contribution in [2.24, 2.45) is 0 Å². The molecular weight excluding hydrogens is 297 g/mol. The van der Waals surface area contributed by atoms with E-state index in [2.05, 4.69) is 10.3 Å². The Morgan fingerprint density at radius 2 is 2.19 bits per heavy atom. The molecule has 0 aliphatic carbocycles. The fourth-order valence-electron chi connectivity index (χ4n) is 1.80. The smallest absolute Gasteiger partial charge is 0.327 e. The second-order valence-electron chi connectivity index (χ2n) is 4.37. The maximum absolute atomic E-state index is 13.8. The number of thiazole rings is 1. The third kappa shape index (κ3) is 3.27. The van der Waals surface area contributed by atoms with Gasteiger partial charge < -0.3 is 10.1 Å². The zero-order chi connectivity index (χ0) is 15.6. The lowest BCUT2D eigenvalue weighted by Crippen LogP contribution is -2.05. The van der Waals surface area contributed by atoms with Crippen molar-refractivity contribution in [3.63, 3.8) is 0 Å².